The highest BCUT2D eigenvalue weighted by molar-refractivity contribution is 5.94. The molecule has 0 spiro atoms. The van der Waals surface area contributed by atoms with Crippen LogP contribution in [0.5, 0.6) is 11.5 Å². The summed E-state index contributed by atoms with van der Waals surface area (Å²) in [5.74, 6) is 1.08. The number of rotatable bonds is 4. The topological polar surface area (TPSA) is 59.1 Å². The lowest BCUT2D eigenvalue weighted by Gasteiger charge is -2.35. The zero-order chi connectivity index (χ0) is 20.9. The quantitative estimate of drug-likeness (QED) is 0.775. The lowest BCUT2D eigenvalue weighted by Crippen LogP contribution is -2.50. The molecule has 0 radical (unpaired) electrons. The molecule has 2 aliphatic rings. The first-order chi connectivity index (χ1) is 14.6. The molecule has 1 fully saturated rings. The Kier molecular flexibility index (Phi) is 6.16. The predicted molar refractivity (Wildman–Crippen MR) is 109 cm³/mol. The molecule has 0 N–H and O–H groups in total. The van der Waals surface area contributed by atoms with E-state index in [2.05, 4.69) is 0 Å². The number of amides is 2. The monoisotopic (exact) mass is 412 g/mol. The van der Waals surface area contributed by atoms with Gasteiger partial charge >= 0.3 is 0 Å². The zero-order valence-electron chi connectivity index (χ0n) is 16.8. The van der Waals surface area contributed by atoms with Crippen molar-refractivity contribution in [1.29, 1.82) is 0 Å². The van der Waals surface area contributed by atoms with E-state index in [1.54, 1.807) is 9.80 Å². The number of piperazine rings is 1. The van der Waals surface area contributed by atoms with Crippen molar-refractivity contribution in [2.45, 2.75) is 19.3 Å². The fourth-order valence-corrected chi connectivity index (χ4v) is 3.71. The van der Waals surface area contributed by atoms with Crippen LogP contribution >= 0.6 is 0 Å². The number of ether oxygens (including phenoxy) is 2. The Bertz CT molecular complexity index is 908. The molecule has 0 atom stereocenters. The van der Waals surface area contributed by atoms with Crippen molar-refractivity contribution in [2.75, 3.05) is 39.4 Å². The van der Waals surface area contributed by atoms with Crippen LogP contribution in [0.3, 0.4) is 0 Å². The van der Waals surface area contributed by atoms with Gasteiger partial charge in [-0.15, -0.1) is 0 Å². The summed E-state index contributed by atoms with van der Waals surface area (Å²) < 4.78 is 24.4. The summed E-state index contributed by atoms with van der Waals surface area (Å²) in [6.07, 6.45) is 1.90. The minimum atomic E-state index is -0.365. The van der Waals surface area contributed by atoms with Gasteiger partial charge in [0.05, 0.1) is 13.2 Å². The number of benzene rings is 2. The molecule has 6 nitrogen and oxygen atoms in total. The summed E-state index contributed by atoms with van der Waals surface area (Å²) in [6.45, 7) is 3.26. The van der Waals surface area contributed by atoms with E-state index in [1.165, 1.54) is 24.3 Å². The third-order valence-electron chi connectivity index (χ3n) is 5.45. The van der Waals surface area contributed by atoms with Crippen molar-refractivity contribution < 1.29 is 23.5 Å². The molecular formula is C23H25FN2O4. The summed E-state index contributed by atoms with van der Waals surface area (Å²) in [7, 11) is 0. The Morgan fingerprint density at radius 3 is 2.27 bits per heavy atom. The standard InChI is InChI=1S/C23H25FN2O4/c24-19-6-4-18(5-7-19)23(28)26-12-10-25(11-13-26)22(27)9-3-17-2-8-20-21(16-17)30-15-1-14-29-20/h2,4-8,16H,1,3,9-15H2. The number of carbonyl (C=O) groups is 2. The number of aryl methyl sites for hydroxylation is 1. The molecule has 1 saturated heterocycles. The molecule has 2 amide bonds. The van der Waals surface area contributed by atoms with E-state index < -0.39 is 0 Å². The predicted octanol–water partition coefficient (Wildman–Crippen LogP) is 2.90. The van der Waals surface area contributed by atoms with Crippen LogP contribution in [0.25, 0.3) is 0 Å². The van der Waals surface area contributed by atoms with Crippen molar-refractivity contribution in [3.63, 3.8) is 0 Å². The summed E-state index contributed by atoms with van der Waals surface area (Å²) in [5, 5.41) is 0. The van der Waals surface area contributed by atoms with E-state index in [0.29, 0.717) is 57.8 Å². The van der Waals surface area contributed by atoms with Gasteiger partial charge in [0.1, 0.15) is 5.82 Å². The first-order valence-corrected chi connectivity index (χ1v) is 10.3. The third kappa shape index (κ3) is 4.72. The smallest absolute Gasteiger partial charge is 0.253 e. The molecule has 0 unspecified atom stereocenters. The maximum atomic E-state index is 13.0. The number of hydrogen-bond donors (Lipinski definition) is 0. The third-order valence-corrected chi connectivity index (χ3v) is 5.45. The minimum Gasteiger partial charge on any atom is -0.490 e. The summed E-state index contributed by atoms with van der Waals surface area (Å²) in [6, 6.07) is 11.4. The second-order valence-corrected chi connectivity index (χ2v) is 7.51. The summed E-state index contributed by atoms with van der Waals surface area (Å²) >= 11 is 0. The van der Waals surface area contributed by atoms with E-state index in [0.717, 1.165) is 23.5 Å². The van der Waals surface area contributed by atoms with Gasteiger partial charge in [0.2, 0.25) is 5.91 Å². The van der Waals surface area contributed by atoms with Gasteiger partial charge in [-0.2, -0.15) is 0 Å². The Morgan fingerprint density at radius 1 is 0.867 bits per heavy atom. The Morgan fingerprint density at radius 2 is 1.53 bits per heavy atom. The van der Waals surface area contributed by atoms with Crippen LogP contribution < -0.4 is 9.47 Å². The molecular weight excluding hydrogens is 387 g/mol. The second kappa shape index (κ2) is 9.15. The van der Waals surface area contributed by atoms with Crippen molar-refractivity contribution in [3.8, 4) is 11.5 Å². The van der Waals surface area contributed by atoms with Crippen molar-refractivity contribution in [1.82, 2.24) is 9.80 Å². The van der Waals surface area contributed by atoms with Crippen molar-refractivity contribution >= 4 is 11.8 Å². The van der Waals surface area contributed by atoms with Crippen molar-refractivity contribution in [3.05, 3.63) is 59.4 Å². The van der Waals surface area contributed by atoms with Crippen LogP contribution in [0.15, 0.2) is 42.5 Å². The van der Waals surface area contributed by atoms with Gasteiger partial charge in [-0.3, -0.25) is 9.59 Å². The molecule has 2 aromatic carbocycles. The summed E-state index contributed by atoms with van der Waals surface area (Å²) in [4.78, 5) is 28.7. The Labute approximate surface area is 175 Å². The average Bonchev–Trinajstić information content (AvgIpc) is 3.02. The lowest BCUT2D eigenvalue weighted by molar-refractivity contribution is -0.132. The van der Waals surface area contributed by atoms with Gasteiger partial charge in [0, 0.05) is 44.6 Å². The van der Waals surface area contributed by atoms with Crippen LogP contribution in [0, 0.1) is 5.82 Å². The van der Waals surface area contributed by atoms with E-state index in [-0.39, 0.29) is 17.6 Å². The van der Waals surface area contributed by atoms with E-state index >= 15 is 0 Å². The van der Waals surface area contributed by atoms with Gasteiger partial charge in [0.25, 0.3) is 5.91 Å². The molecule has 30 heavy (non-hydrogen) atoms. The molecule has 2 aliphatic heterocycles. The highest BCUT2D eigenvalue weighted by atomic mass is 19.1. The largest absolute Gasteiger partial charge is 0.490 e. The number of nitrogens with zero attached hydrogens (tertiary/aromatic N) is 2. The van der Waals surface area contributed by atoms with Gasteiger partial charge in [-0.05, 0) is 48.4 Å². The van der Waals surface area contributed by atoms with Crippen molar-refractivity contribution in [2.24, 2.45) is 0 Å². The maximum absolute atomic E-state index is 13.0. The average molecular weight is 412 g/mol. The number of carbonyl (C=O) groups excluding carboxylic acids is 2. The number of hydrogen-bond acceptors (Lipinski definition) is 4. The Hall–Kier alpha value is -3.09. The van der Waals surface area contributed by atoms with Gasteiger partial charge < -0.3 is 19.3 Å². The number of fused-ring (bicyclic) bond motifs is 1. The van der Waals surface area contributed by atoms with Crippen LogP contribution in [-0.4, -0.2) is 61.0 Å². The molecule has 0 saturated carbocycles. The van der Waals surface area contributed by atoms with Crippen LogP contribution in [0.1, 0.15) is 28.8 Å². The molecule has 2 heterocycles. The minimum absolute atomic E-state index is 0.0796. The molecule has 7 heteroatoms. The molecule has 2 aromatic rings. The summed E-state index contributed by atoms with van der Waals surface area (Å²) in [5.41, 5.74) is 1.50. The van der Waals surface area contributed by atoms with Crippen LogP contribution in [0.2, 0.25) is 0 Å². The number of halogens is 1. The molecule has 4 rings (SSSR count). The van der Waals surface area contributed by atoms with Crippen LogP contribution in [0.4, 0.5) is 4.39 Å². The Balaban J connectivity index is 1.27. The van der Waals surface area contributed by atoms with Gasteiger partial charge in [-0.1, -0.05) is 6.07 Å². The molecule has 0 aromatic heterocycles. The van der Waals surface area contributed by atoms with E-state index in [9.17, 15) is 14.0 Å². The van der Waals surface area contributed by atoms with Crippen LogP contribution in [-0.2, 0) is 11.2 Å². The van der Waals surface area contributed by atoms with E-state index in [1.807, 2.05) is 18.2 Å². The fourth-order valence-electron chi connectivity index (χ4n) is 3.71. The van der Waals surface area contributed by atoms with Gasteiger partial charge in [-0.25, -0.2) is 4.39 Å². The SMILES string of the molecule is O=C(CCc1ccc2c(c1)OCCCO2)N1CCN(C(=O)c2ccc(F)cc2)CC1. The second-order valence-electron chi connectivity index (χ2n) is 7.51. The fraction of sp³-hybridized carbons (Fsp3) is 0.391. The first-order valence-electron chi connectivity index (χ1n) is 10.3. The highest BCUT2D eigenvalue weighted by Gasteiger charge is 2.24. The lowest BCUT2D eigenvalue weighted by atomic mass is 10.1. The highest BCUT2D eigenvalue weighted by Crippen LogP contribution is 2.30. The first kappa shape index (κ1) is 20.2. The van der Waals surface area contributed by atoms with E-state index in [4.69, 9.17) is 9.47 Å². The molecule has 158 valence electrons. The molecule has 0 bridgehead atoms. The van der Waals surface area contributed by atoms with Gasteiger partial charge in [0.15, 0.2) is 11.5 Å². The normalized spacial score (nSPS) is 16.2. The molecule has 0 aliphatic carbocycles. The zero-order valence-corrected chi connectivity index (χ0v) is 16.8. The maximum Gasteiger partial charge on any atom is 0.253 e.